The van der Waals surface area contributed by atoms with Crippen LogP contribution >= 0.6 is 0 Å². The Labute approximate surface area is 97.5 Å². The molecule has 0 fully saturated rings. The third-order valence-electron chi connectivity index (χ3n) is 2.21. The maximum Gasteiger partial charge on any atom is 0.255 e. The molecular formula is C13H10FNO2. The fourth-order valence-electron chi connectivity index (χ4n) is 1.39. The van der Waals surface area contributed by atoms with E-state index in [1.807, 2.05) is 0 Å². The van der Waals surface area contributed by atoms with E-state index in [2.05, 4.69) is 5.32 Å². The molecule has 0 aliphatic heterocycles. The minimum atomic E-state index is -0.390. The first-order valence-electron chi connectivity index (χ1n) is 5.01. The molecule has 0 radical (unpaired) electrons. The second-order valence-corrected chi connectivity index (χ2v) is 3.51. The molecule has 0 heterocycles. The first-order chi connectivity index (χ1) is 8.15. The zero-order chi connectivity index (χ0) is 12.3. The lowest BCUT2D eigenvalue weighted by Crippen LogP contribution is -2.11. The summed E-state index contributed by atoms with van der Waals surface area (Å²) in [5, 5.41) is 11.8. The highest BCUT2D eigenvalue weighted by atomic mass is 19.1. The zero-order valence-electron chi connectivity index (χ0n) is 8.85. The smallest absolute Gasteiger partial charge is 0.255 e. The number of benzene rings is 2. The number of hydrogen-bond donors (Lipinski definition) is 2. The van der Waals surface area contributed by atoms with Crippen LogP contribution < -0.4 is 5.32 Å². The Morgan fingerprint density at radius 3 is 2.47 bits per heavy atom. The van der Waals surface area contributed by atoms with Gasteiger partial charge in [0.1, 0.15) is 11.6 Å². The zero-order valence-corrected chi connectivity index (χ0v) is 8.85. The highest BCUT2D eigenvalue weighted by Gasteiger charge is 2.06. The van der Waals surface area contributed by atoms with Crippen LogP contribution in [-0.2, 0) is 0 Å². The lowest BCUT2D eigenvalue weighted by molar-refractivity contribution is 0.102. The van der Waals surface area contributed by atoms with Gasteiger partial charge in [0, 0.05) is 17.3 Å². The Kier molecular flexibility index (Phi) is 3.05. The summed E-state index contributed by atoms with van der Waals surface area (Å²) in [7, 11) is 0. The number of halogens is 1. The van der Waals surface area contributed by atoms with Crippen LogP contribution in [0, 0.1) is 5.82 Å². The van der Waals surface area contributed by atoms with Gasteiger partial charge < -0.3 is 10.4 Å². The molecule has 0 aliphatic carbocycles. The van der Waals surface area contributed by atoms with Gasteiger partial charge in [-0.1, -0.05) is 6.07 Å². The van der Waals surface area contributed by atoms with E-state index < -0.39 is 0 Å². The van der Waals surface area contributed by atoms with Gasteiger partial charge >= 0.3 is 0 Å². The highest BCUT2D eigenvalue weighted by Crippen LogP contribution is 2.16. The number of anilines is 1. The van der Waals surface area contributed by atoms with Crippen LogP contribution in [0.25, 0.3) is 0 Å². The predicted molar refractivity (Wildman–Crippen MR) is 62.5 cm³/mol. The van der Waals surface area contributed by atoms with E-state index in [1.54, 1.807) is 12.1 Å². The summed E-state index contributed by atoms with van der Waals surface area (Å²) in [5.74, 6) is -0.670. The molecule has 2 rings (SSSR count). The number of phenols is 1. The molecule has 0 atom stereocenters. The Hall–Kier alpha value is -2.36. The number of hydrogen-bond acceptors (Lipinski definition) is 2. The molecule has 0 spiro atoms. The first kappa shape index (κ1) is 11.1. The van der Waals surface area contributed by atoms with Gasteiger partial charge in [-0.15, -0.1) is 0 Å². The third-order valence-corrected chi connectivity index (χ3v) is 2.21. The monoisotopic (exact) mass is 231 g/mol. The Morgan fingerprint density at radius 1 is 1.12 bits per heavy atom. The maximum absolute atomic E-state index is 12.7. The lowest BCUT2D eigenvalue weighted by Gasteiger charge is -2.05. The lowest BCUT2D eigenvalue weighted by atomic mass is 10.2. The van der Waals surface area contributed by atoms with Crippen LogP contribution in [0.3, 0.4) is 0 Å². The summed E-state index contributed by atoms with van der Waals surface area (Å²) >= 11 is 0. The average molecular weight is 231 g/mol. The minimum Gasteiger partial charge on any atom is -0.508 e. The van der Waals surface area contributed by atoms with E-state index >= 15 is 0 Å². The number of carbonyl (C=O) groups is 1. The fraction of sp³-hybridized carbons (Fsp3) is 0. The van der Waals surface area contributed by atoms with Gasteiger partial charge in [0.25, 0.3) is 5.91 Å². The molecule has 0 aliphatic rings. The minimum absolute atomic E-state index is 0.0712. The molecule has 3 nitrogen and oxygen atoms in total. The second-order valence-electron chi connectivity index (χ2n) is 3.51. The fourth-order valence-corrected chi connectivity index (χ4v) is 1.39. The van der Waals surface area contributed by atoms with Gasteiger partial charge in [0.15, 0.2) is 0 Å². The average Bonchev–Trinajstić information content (AvgIpc) is 2.29. The largest absolute Gasteiger partial charge is 0.508 e. The van der Waals surface area contributed by atoms with Crippen molar-refractivity contribution >= 4 is 11.6 Å². The molecule has 2 aromatic rings. The van der Waals surface area contributed by atoms with Crippen molar-refractivity contribution in [3.05, 3.63) is 59.9 Å². The SMILES string of the molecule is O=C(Nc1cccc(O)c1)c1ccc(F)cc1. The number of nitrogens with one attached hydrogen (secondary N) is 1. The van der Waals surface area contributed by atoms with Crippen molar-refractivity contribution in [2.75, 3.05) is 5.32 Å². The number of carbonyl (C=O) groups excluding carboxylic acids is 1. The highest BCUT2D eigenvalue weighted by molar-refractivity contribution is 6.04. The number of amides is 1. The number of phenolic OH excluding ortho intramolecular Hbond substituents is 1. The number of aromatic hydroxyl groups is 1. The van der Waals surface area contributed by atoms with E-state index in [0.717, 1.165) is 0 Å². The van der Waals surface area contributed by atoms with Crippen LogP contribution in [0.2, 0.25) is 0 Å². The van der Waals surface area contributed by atoms with Gasteiger partial charge in [0.2, 0.25) is 0 Å². The topological polar surface area (TPSA) is 49.3 Å². The van der Waals surface area contributed by atoms with E-state index in [4.69, 9.17) is 0 Å². The molecule has 0 bridgehead atoms. The van der Waals surface area contributed by atoms with Crippen LogP contribution in [0.1, 0.15) is 10.4 Å². The van der Waals surface area contributed by atoms with Crippen molar-refractivity contribution in [3.8, 4) is 5.75 Å². The molecule has 2 aromatic carbocycles. The van der Waals surface area contributed by atoms with Gasteiger partial charge in [-0.2, -0.15) is 0 Å². The predicted octanol–water partition coefficient (Wildman–Crippen LogP) is 2.78. The van der Waals surface area contributed by atoms with Crippen LogP contribution in [0.15, 0.2) is 48.5 Å². The standard InChI is InChI=1S/C13H10FNO2/c14-10-6-4-9(5-7-10)13(17)15-11-2-1-3-12(16)8-11/h1-8,16H,(H,15,17). The van der Waals surface area contributed by atoms with E-state index in [1.165, 1.54) is 36.4 Å². The van der Waals surface area contributed by atoms with Crippen molar-refractivity contribution in [2.45, 2.75) is 0 Å². The molecular weight excluding hydrogens is 221 g/mol. The van der Waals surface area contributed by atoms with Crippen molar-refractivity contribution in [3.63, 3.8) is 0 Å². The molecule has 1 amide bonds. The van der Waals surface area contributed by atoms with E-state index in [9.17, 15) is 14.3 Å². The van der Waals surface area contributed by atoms with Gasteiger partial charge in [-0.05, 0) is 36.4 Å². The summed E-state index contributed by atoms with van der Waals surface area (Å²) in [6, 6.07) is 11.4. The molecule has 0 aromatic heterocycles. The summed E-state index contributed by atoms with van der Waals surface area (Å²) in [4.78, 5) is 11.7. The van der Waals surface area contributed by atoms with E-state index in [0.29, 0.717) is 11.3 Å². The van der Waals surface area contributed by atoms with Gasteiger partial charge in [-0.25, -0.2) is 4.39 Å². The van der Waals surface area contributed by atoms with Crippen LogP contribution in [0.4, 0.5) is 10.1 Å². The van der Waals surface area contributed by atoms with Crippen molar-refractivity contribution < 1.29 is 14.3 Å². The van der Waals surface area contributed by atoms with Crippen LogP contribution in [0.5, 0.6) is 5.75 Å². The first-order valence-corrected chi connectivity index (χ1v) is 5.01. The Morgan fingerprint density at radius 2 is 1.82 bits per heavy atom. The molecule has 0 unspecified atom stereocenters. The van der Waals surface area contributed by atoms with Crippen LogP contribution in [-0.4, -0.2) is 11.0 Å². The summed E-state index contributed by atoms with van der Waals surface area (Å²) in [6.45, 7) is 0. The van der Waals surface area contributed by atoms with Crippen molar-refractivity contribution in [1.29, 1.82) is 0 Å². The summed E-state index contributed by atoms with van der Waals surface area (Å²) < 4.78 is 12.7. The number of rotatable bonds is 2. The quantitative estimate of drug-likeness (QED) is 0.834. The maximum atomic E-state index is 12.7. The van der Waals surface area contributed by atoms with Crippen molar-refractivity contribution in [1.82, 2.24) is 0 Å². The normalized spacial score (nSPS) is 9.94. The van der Waals surface area contributed by atoms with Gasteiger partial charge in [-0.3, -0.25) is 4.79 Å². The summed E-state index contributed by atoms with van der Waals surface area (Å²) in [6.07, 6.45) is 0. The summed E-state index contributed by atoms with van der Waals surface area (Å²) in [5.41, 5.74) is 0.842. The molecule has 2 N–H and O–H groups in total. The van der Waals surface area contributed by atoms with Gasteiger partial charge in [0.05, 0.1) is 0 Å². The Balaban J connectivity index is 2.14. The molecule has 4 heteroatoms. The van der Waals surface area contributed by atoms with E-state index in [-0.39, 0.29) is 17.5 Å². The van der Waals surface area contributed by atoms with Crippen molar-refractivity contribution in [2.24, 2.45) is 0 Å². The third kappa shape index (κ3) is 2.81. The Bertz CT molecular complexity index is 537. The molecule has 0 saturated heterocycles. The molecule has 17 heavy (non-hydrogen) atoms. The molecule has 0 saturated carbocycles. The molecule has 86 valence electrons. The second kappa shape index (κ2) is 4.65.